The summed E-state index contributed by atoms with van der Waals surface area (Å²) in [4.78, 5) is 10.3. The van der Waals surface area contributed by atoms with Crippen LogP contribution in [0.25, 0.3) is 10.9 Å². The van der Waals surface area contributed by atoms with Crippen molar-refractivity contribution in [2.24, 2.45) is 0 Å². The summed E-state index contributed by atoms with van der Waals surface area (Å²) in [6.07, 6.45) is 1.90. The van der Waals surface area contributed by atoms with Gasteiger partial charge in [-0.3, -0.25) is 0 Å². The Kier molecular flexibility index (Phi) is 4.09. The van der Waals surface area contributed by atoms with Crippen molar-refractivity contribution in [2.45, 2.75) is 18.6 Å². The molecule has 1 saturated heterocycles. The molecule has 1 aromatic carbocycles. The molecular weight excluding hydrogens is 321 g/mol. The molecule has 2 heterocycles. The first-order chi connectivity index (χ1) is 10.9. The Morgan fingerprint density at radius 3 is 2.83 bits per heavy atom. The fourth-order valence-corrected chi connectivity index (χ4v) is 4.07. The smallest absolute Gasteiger partial charge is 0.167 e. The van der Waals surface area contributed by atoms with Gasteiger partial charge in [-0.25, -0.2) is 22.8 Å². The van der Waals surface area contributed by atoms with Crippen molar-refractivity contribution in [3.05, 3.63) is 24.3 Å². The number of anilines is 1. The molecule has 1 atom stereocenters. The number of methoxy groups -OCH3 is 1. The molecular formula is C15H18FN3O3S. The van der Waals surface area contributed by atoms with Gasteiger partial charge in [-0.1, -0.05) is 0 Å². The van der Waals surface area contributed by atoms with E-state index < -0.39 is 15.7 Å². The molecule has 0 saturated carbocycles. The number of fused-ring (bicyclic) bond motifs is 1. The molecule has 0 radical (unpaired) electrons. The summed E-state index contributed by atoms with van der Waals surface area (Å²) >= 11 is 0. The Bertz CT molecular complexity index is 841. The first-order valence-corrected chi connectivity index (χ1v) is 9.08. The molecule has 1 aliphatic rings. The summed E-state index contributed by atoms with van der Waals surface area (Å²) in [5.74, 6) is 0.316. The first kappa shape index (κ1) is 15.9. The van der Waals surface area contributed by atoms with Gasteiger partial charge >= 0.3 is 0 Å². The number of aromatic nitrogens is 2. The Morgan fingerprint density at radius 1 is 1.30 bits per heavy atom. The summed E-state index contributed by atoms with van der Waals surface area (Å²) in [6.45, 7) is 2.67. The van der Waals surface area contributed by atoms with Crippen LogP contribution in [0.2, 0.25) is 0 Å². The van der Waals surface area contributed by atoms with Crippen LogP contribution in [-0.4, -0.2) is 49.6 Å². The van der Waals surface area contributed by atoms with Crippen LogP contribution < -0.4 is 9.64 Å². The third-order valence-electron chi connectivity index (χ3n) is 4.25. The van der Waals surface area contributed by atoms with Crippen LogP contribution in [0.1, 0.15) is 13.3 Å². The minimum Gasteiger partial charge on any atom is -0.494 e. The van der Waals surface area contributed by atoms with Crippen molar-refractivity contribution < 1.29 is 17.5 Å². The minimum absolute atomic E-state index is 0.0813. The Hall–Kier alpha value is -1.96. The molecule has 1 fully saturated rings. The van der Waals surface area contributed by atoms with Crippen LogP contribution in [-0.2, 0) is 9.84 Å². The number of halogens is 1. The number of sulfone groups is 1. The number of nitrogens with zero attached hydrogens (tertiary/aromatic N) is 3. The molecule has 1 unspecified atom stereocenters. The molecule has 0 spiro atoms. The van der Waals surface area contributed by atoms with Crippen LogP contribution in [0, 0.1) is 5.82 Å². The maximum absolute atomic E-state index is 13.8. The molecule has 23 heavy (non-hydrogen) atoms. The zero-order valence-electron chi connectivity index (χ0n) is 13.0. The summed E-state index contributed by atoms with van der Waals surface area (Å²) in [5.41, 5.74) is 0.466. The molecule has 1 aliphatic heterocycles. The van der Waals surface area contributed by atoms with E-state index in [9.17, 15) is 12.8 Å². The van der Waals surface area contributed by atoms with Crippen molar-refractivity contribution in [3.63, 3.8) is 0 Å². The summed E-state index contributed by atoms with van der Waals surface area (Å²) in [5, 5.41) is 0.283. The zero-order valence-corrected chi connectivity index (χ0v) is 13.8. The lowest BCUT2D eigenvalue weighted by molar-refractivity contribution is 0.387. The van der Waals surface area contributed by atoms with Gasteiger partial charge in [-0.05, 0) is 19.4 Å². The highest BCUT2D eigenvalue weighted by Crippen LogP contribution is 2.30. The lowest BCUT2D eigenvalue weighted by atomic mass is 10.2. The van der Waals surface area contributed by atoms with E-state index in [1.54, 1.807) is 13.0 Å². The van der Waals surface area contributed by atoms with Crippen LogP contribution in [0.3, 0.4) is 0 Å². The van der Waals surface area contributed by atoms with Gasteiger partial charge < -0.3 is 9.64 Å². The van der Waals surface area contributed by atoms with E-state index >= 15 is 0 Å². The van der Waals surface area contributed by atoms with Crippen molar-refractivity contribution in [2.75, 3.05) is 30.9 Å². The van der Waals surface area contributed by atoms with Crippen molar-refractivity contribution in [3.8, 4) is 5.75 Å². The molecule has 2 aromatic rings. The molecule has 0 N–H and O–H groups in total. The van der Waals surface area contributed by atoms with Gasteiger partial charge in [-0.15, -0.1) is 0 Å². The van der Waals surface area contributed by atoms with Gasteiger partial charge in [-0.2, -0.15) is 0 Å². The second-order valence-electron chi connectivity index (χ2n) is 5.65. The average molecular weight is 339 g/mol. The normalized spacial score (nSPS) is 21.2. The average Bonchev–Trinajstić information content (AvgIpc) is 2.65. The molecule has 124 valence electrons. The topological polar surface area (TPSA) is 72.4 Å². The number of rotatable bonds is 2. The number of benzene rings is 1. The van der Waals surface area contributed by atoms with Gasteiger partial charge in [0.05, 0.1) is 23.6 Å². The largest absolute Gasteiger partial charge is 0.494 e. The van der Waals surface area contributed by atoms with E-state index in [0.29, 0.717) is 36.2 Å². The van der Waals surface area contributed by atoms with E-state index in [2.05, 4.69) is 9.97 Å². The zero-order chi connectivity index (χ0) is 16.6. The molecule has 1 aromatic heterocycles. The summed E-state index contributed by atoms with van der Waals surface area (Å²) in [6, 6.07) is 2.86. The van der Waals surface area contributed by atoms with E-state index in [1.807, 2.05) is 4.90 Å². The highest BCUT2D eigenvalue weighted by Gasteiger charge is 2.27. The molecule has 0 aliphatic carbocycles. The molecule has 8 heteroatoms. The second kappa shape index (κ2) is 5.92. The lowest BCUT2D eigenvalue weighted by Gasteiger charge is -2.22. The molecule has 3 rings (SSSR count). The monoisotopic (exact) mass is 339 g/mol. The SMILES string of the molecule is COc1cc2c(N3CCC(C)S(=O)(=O)CC3)ncnc2cc1F. The van der Waals surface area contributed by atoms with E-state index in [1.165, 1.54) is 19.5 Å². The third-order valence-corrected chi connectivity index (χ3v) is 6.47. The predicted molar refractivity (Wildman–Crippen MR) is 86.1 cm³/mol. The molecule has 0 amide bonds. The van der Waals surface area contributed by atoms with Crippen LogP contribution in [0.4, 0.5) is 10.2 Å². The van der Waals surface area contributed by atoms with Gasteiger partial charge in [0.15, 0.2) is 21.4 Å². The quantitative estimate of drug-likeness (QED) is 0.831. The van der Waals surface area contributed by atoms with Crippen molar-refractivity contribution in [1.29, 1.82) is 0 Å². The standard InChI is InChI=1S/C15H18FN3O3S/c1-10-3-4-19(5-6-23(10,20)21)15-11-7-14(22-2)12(16)8-13(11)17-9-18-15/h7-10H,3-6H2,1-2H3. The van der Waals surface area contributed by atoms with Gasteiger partial charge in [0.2, 0.25) is 0 Å². The number of ether oxygens (including phenoxy) is 1. The fraction of sp³-hybridized carbons (Fsp3) is 0.467. The molecule has 6 nitrogen and oxygen atoms in total. The van der Waals surface area contributed by atoms with Gasteiger partial charge in [0.1, 0.15) is 12.1 Å². The fourth-order valence-electron chi connectivity index (χ4n) is 2.73. The van der Waals surface area contributed by atoms with Gasteiger partial charge in [0.25, 0.3) is 0 Å². The van der Waals surface area contributed by atoms with Crippen LogP contribution >= 0.6 is 0 Å². The number of hydrogen-bond acceptors (Lipinski definition) is 6. The molecule has 0 bridgehead atoms. The third kappa shape index (κ3) is 2.95. The Labute approximate surface area is 134 Å². The summed E-state index contributed by atoms with van der Waals surface area (Å²) < 4.78 is 43.0. The van der Waals surface area contributed by atoms with E-state index in [4.69, 9.17) is 4.74 Å². The van der Waals surface area contributed by atoms with E-state index in [-0.39, 0.29) is 16.8 Å². The second-order valence-corrected chi connectivity index (χ2v) is 8.19. The highest BCUT2D eigenvalue weighted by molar-refractivity contribution is 7.92. The number of hydrogen-bond donors (Lipinski definition) is 0. The first-order valence-electron chi connectivity index (χ1n) is 7.37. The van der Waals surface area contributed by atoms with Crippen molar-refractivity contribution in [1.82, 2.24) is 9.97 Å². The lowest BCUT2D eigenvalue weighted by Crippen LogP contribution is -2.27. The predicted octanol–water partition coefficient (Wildman–Crippen LogP) is 1.79. The van der Waals surface area contributed by atoms with Gasteiger partial charge in [0, 0.05) is 24.5 Å². The summed E-state index contributed by atoms with van der Waals surface area (Å²) in [7, 11) is -1.68. The van der Waals surface area contributed by atoms with Crippen LogP contribution in [0.15, 0.2) is 18.5 Å². The van der Waals surface area contributed by atoms with E-state index in [0.717, 1.165) is 0 Å². The Morgan fingerprint density at radius 2 is 2.09 bits per heavy atom. The Balaban J connectivity index is 2.06. The van der Waals surface area contributed by atoms with Crippen molar-refractivity contribution >= 4 is 26.6 Å². The van der Waals surface area contributed by atoms with Crippen LogP contribution in [0.5, 0.6) is 5.75 Å². The highest BCUT2D eigenvalue weighted by atomic mass is 32.2. The minimum atomic E-state index is -3.08. The maximum Gasteiger partial charge on any atom is 0.167 e. The maximum atomic E-state index is 13.8.